The number of aryl methyl sites for hydroxylation is 1. The number of hydrogen-bond donors (Lipinski definition) is 1. The molecule has 2 N–H and O–H groups in total. The third kappa shape index (κ3) is 3.12. The maximum Gasteiger partial charge on any atom is 0.133 e. The summed E-state index contributed by atoms with van der Waals surface area (Å²) < 4.78 is 6.90. The lowest BCUT2D eigenvalue weighted by Gasteiger charge is -2.14. The van der Waals surface area contributed by atoms with Crippen LogP contribution in [0.5, 0.6) is 11.5 Å². The van der Waals surface area contributed by atoms with Crippen molar-refractivity contribution in [2.24, 2.45) is 5.73 Å². The Bertz CT molecular complexity index is 552. The summed E-state index contributed by atoms with van der Waals surface area (Å²) in [4.78, 5) is 0. The van der Waals surface area contributed by atoms with Crippen LogP contribution in [0, 0.1) is 6.92 Å². The summed E-state index contributed by atoms with van der Waals surface area (Å²) in [7, 11) is 0. The first-order chi connectivity index (χ1) is 8.56. The van der Waals surface area contributed by atoms with E-state index in [9.17, 15) is 0 Å². The zero-order valence-corrected chi connectivity index (χ0v) is 12.1. The molecule has 0 aliphatic heterocycles. The molecule has 0 radical (unpaired) electrons. The van der Waals surface area contributed by atoms with E-state index in [0.29, 0.717) is 0 Å². The Morgan fingerprint density at radius 1 is 1.17 bits per heavy atom. The smallest absolute Gasteiger partial charge is 0.133 e. The minimum Gasteiger partial charge on any atom is -0.457 e. The van der Waals surface area contributed by atoms with Gasteiger partial charge in [-0.25, -0.2) is 0 Å². The van der Waals surface area contributed by atoms with Crippen LogP contribution in [0.3, 0.4) is 0 Å². The number of nitrogens with two attached hydrogens (primary N) is 1. The van der Waals surface area contributed by atoms with Gasteiger partial charge in [0.15, 0.2) is 0 Å². The van der Waals surface area contributed by atoms with E-state index in [4.69, 9.17) is 10.5 Å². The van der Waals surface area contributed by atoms with Crippen LogP contribution in [0.15, 0.2) is 46.9 Å². The van der Waals surface area contributed by atoms with Crippen molar-refractivity contribution in [2.75, 3.05) is 0 Å². The highest BCUT2D eigenvalue weighted by Gasteiger charge is 2.09. The van der Waals surface area contributed by atoms with Gasteiger partial charge in [0, 0.05) is 16.1 Å². The van der Waals surface area contributed by atoms with Crippen molar-refractivity contribution >= 4 is 15.9 Å². The van der Waals surface area contributed by atoms with Crippen LogP contribution in [0.4, 0.5) is 0 Å². The number of benzene rings is 2. The Labute approximate surface area is 116 Å². The van der Waals surface area contributed by atoms with E-state index >= 15 is 0 Å². The molecule has 0 fully saturated rings. The zero-order chi connectivity index (χ0) is 13.1. The molecule has 0 saturated heterocycles. The molecule has 0 aromatic heterocycles. The maximum absolute atomic E-state index is 5.95. The van der Waals surface area contributed by atoms with Crippen LogP contribution < -0.4 is 10.5 Å². The van der Waals surface area contributed by atoms with Gasteiger partial charge in [0.2, 0.25) is 0 Å². The Morgan fingerprint density at radius 3 is 2.61 bits per heavy atom. The van der Waals surface area contributed by atoms with Gasteiger partial charge in [0.25, 0.3) is 0 Å². The first-order valence-corrected chi connectivity index (χ1v) is 6.65. The van der Waals surface area contributed by atoms with E-state index in [2.05, 4.69) is 15.9 Å². The fraction of sp³-hybridized carbons (Fsp3) is 0.200. The standard InChI is InChI=1S/C15H16BrNO/c1-10-4-3-5-13(8-10)18-15-9-12(16)6-7-14(15)11(2)17/h3-9,11H,17H2,1-2H3. The summed E-state index contributed by atoms with van der Waals surface area (Å²) in [5, 5.41) is 0. The van der Waals surface area contributed by atoms with Crippen molar-refractivity contribution < 1.29 is 4.74 Å². The number of halogens is 1. The van der Waals surface area contributed by atoms with Gasteiger partial charge in [-0.1, -0.05) is 34.1 Å². The van der Waals surface area contributed by atoms with Crippen molar-refractivity contribution in [3.05, 3.63) is 58.1 Å². The average Bonchev–Trinajstić information content (AvgIpc) is 2.28. The van der Waals surface area contributed by atoms with Gasteiger partial charge in [-0.15, -0.1) is 0 Å². The van der Waals surface area contributed by atoms with Crippen LogP contribution in [-0.4, -0.2) is 0 Å². The van der Waals surface area contributed by atoms with E-state index in [1.165, 1.54) is 5.56 Å². The predicted octanol–water partition coefficient (Wildman–Crippen LogP) is 4.57. The molecule has 0 amide bonds. The molecule has 2 nitrogen and oxygen atoms in total. The third-order valence-corrected chi connectivity index (χ3v) is 3.18. The Hall–Kier alpha value is -1.32. The van der Waals surface area contributed by atoms with Crippen molar-refractivity contribution in [1.82, 2.24) is 0 Å². The molecular formula is C15H16BrNO. The fourth-order valence-electron chi connectivity index (χ4n) is 1.78. The molecule has 2 aromatic carbocycles. The monoisotopic (exact) mass is 305 g/mol. The second-order valence-corrected chi connectivity index (χ2v) is 5.31. The average molecular weight is 306 g/mol. The largest absolute Gasteiger partial charge is 0.457 e. The molecule has 0 bridgehead atoms. The lowest BCUT2D eigenvalue weighted by molar-refractivity contribution is 0.471. The van der Waals surface area contributed by atoms with Gasteiger partial charge in [-0.3, -0.25) is 0 Å². The highest BCUT2D eigenvalue weighted by Crippen LogP contribution is 2.31. The molecular weight excluding hydrogens is 290 g/mol. The van der Waals surface area contributed by atoms with Gasteiger partial charge in [0.05, 0.1) is 0 Å². The van der Waals surface area contributed by atoms with Crippen LogP contribution in [0.2, 0.25) is 0 Å². The topological polar surface area (TPSA) is 35.2 Å². The van der Waals surface area contributed by atoms with E-state index in [0.717, 1.165) is 21.5 Å². The molecule has 18 heavy (non-hydrogen) atoms. The van der Waals surface area contributed by atoms with Gasteiger partial charge in [-0.05, 0) is 43.7 Å². The van der Waals surface area contributed by atoms with E-state index in [1.807, 2.05) is 56.3 Å². The lowest BCUT2D eigenvalue weighted by atomic mass is 10.1. The second kappa shape index (κ2) is 5.55. The van der Waals surface area contributed by atoms with Crippen LogP contribution in [0.1, 0.15) is 24.1 Å². The molecule has 1 atom stereocenters. The number of hydrogen-bond acceptors (Lipinski definition) is 2. The molecule has 0 aliphatic rings. The SMILES string of the molecule is Cc1cccc(Oc2cc(Br)ccc2C(C)N)c1. The molecule has 3 heteroatoms. The fourth-order valence-corrected chi connectivity index (χ4v) is 2.12. The maximum atomic E-state index is 5.95. The molecule has 94 valence electrons. The molecule has 2 aromatic rings. The molecule has 0 saturated carbocycles. The van der Waals surface area contributed by atoms with Crippen molar-refractivity contribution in [1.29, 1.82) is 0 Å². The minimum atomic E-state index is -0.0575. The van der Waals surface area contributed by atoms with Crippen LogP contribution in [-0.2, 0) is 0 Å². The van der Waals surface area contributed by atoms with Crippen molar-refractivity contribution in [3.63, 3.8) is 0 Å². The summed E-state index contributed by atoms with van der Waals surface area (Å²) in [5.74, 6) is 1.62. The summed E-state index contributed by atoms with van der Waals surface area (Å²) in [6, 6.07) is 13.8. The minimum absolute atomic E-state index is 0.0575. The highest BCUT2D eigenvalue weighted by molar-refractivity contribution is 9.10. The van der Waals surface area contributed by atoms with Gasteiger partial charge < -0.3 is 10.5 Å². The Balaban J connectivity index is 2.36. The highest BCUT2D eigenvalue weighted by atomic mass is 79.9. The quantitative estimate of drug-likeness (QED) is 0.901. The zero-order valence-electron chi connectivity index (χ0n) is 10.5. The molecule has 0 spiro atoms. The molecule has 0 aliphatic carbocycles. The first-order valence-electron chi connectivity index (χ1n) is 5.86. The van der Waals surface area contributed by atoms with Crippen molar-refractivity contribution in [3.8, 4) is 11.5 Å². The normalized spacial score (nSPS) is 12.2. The summed E-state index contributed by atoms with van der Waals surface area (Å²) >= 11 is 3.45. The van der Waals surface area contributed by atoms with E-state index in [1.54, 1.807) is 0 Å². The number of rotatable bonds is 3. The van der Waals surface area contributed by atoms with E-state index < -0.39 is 0 Å². The first kappa shape index (κ1) is 13.1. The summed E-state index contributed by atoms with van der Waals surface area (Å²) in [6.07, 6.45) is 0. The van der Waals surface area contributed by atoms with Gasteiger partial charge >= 0.3 is 0 Å². The lowest BCUT2D eigenvalue weighted by Crippen LogP contribution is -2.06. The van der Waals surface area contributed by atoms with Crippen LogP contribution in [0.25, 0.3) is 0 Å². The van der Waals surface area contributed by atoms with Crippen molar-refractivity contribution in [2.45, 2.75) is 19.9 Å². The second-order valence-electron chi connectivity index (χ2n) is 4.39. The summed E-state index contributed by atoms with van der Waals surface area (Å²) in [6.45, 7) is 3.99. The molecule has 0 heterocycles. The number of ether oxygens (including phenoxy) is 1. The van der Waals surface area contributed by atoms with Gasteiger partial charge in [0.1, 0.15) is 11.5 Å². The van der Waals surface area contributed by atoms with Gasteiger partial charge in [-0.2, -0.15) is 0 Å². The third-order valence-electron chi connectivity index (χ3n) is 2.68. The summed E-state index contributed by atoms with van der Waals surface area (Å²) in [5.41, 5.74) is 8.12. The predicted molar refractivity (Wildman–Crippen MR) is 78.0 cm³/mol. The molecule has 1 unspecified atom stereocenters. The van der Waals surface area contributed by atoms with E-state index in [-0.39, 0.29) is 6.04 Å². The Morgan fingerprint density at radius 2 is 1.94 bits per heavy atom. The Kier molecular flexibility index (Phi) is 4.04. The molecule has 2 rings (SSSR count). The van der Waals surface area contributed by atoms with Crippen LogP contribution >= 0.6 is 15.9 Å².